The Morgan fingerprint density at radius 3 is 2.33 bits per heavy atom. The van der Waals surface area contributed by atoms with Crippen LogP contribution in [0.1, 0.15) is 5.56 Å². The standard InChI is InChI=1S/C11H15N/c1-10(12(2)3)9-11-7-5-4-6-8-11/h4-8H,1,9H2,2-3H3. The summed E-state index contributed by atoms with van der Waals surface area (Å²) >= 11 is 0. The van der Waals surface area contributed by atoms with Gasteiger partial charge in [-0.25, -0.2) is 0 Å². The number of nitrogens with zero attached hydrogens (tertiary/aromatic N) is 1. The number of hydrogen-bond acceptors (Lipinski definition) is 1. The maximum Gasteiger partial charge on any atom is 0.0119 e. The van der Waals surface area contributed by atoms with E-state index in [1.54, 1.807) is 0 Å². The van der Waals surface area contributed by atoms with Gasteiger partial charge >= 0.3 is 0 Å². The average Bonchev–Trinajstić information content (AvgIpc) is 2.06. The molecule has 0 bridgehead atoms. The van der Waals surface area contributed by atoms with Crippen LogP contribution in [-0.4, -0.2) is 19.0 Å². The zero-order valence-electron chi connectivity index (χ0n) is 7.75. The summed E-state index contributed by atoms with van der Waals surface area (Å²) in [6, 6.07) is 10.4. The second-order valence-electron chi connectivity index (χ2n) is 3.12. The minimum Gasteiger partial charge on any atom is -0.381 e. The summed E-state index contributed by atoms with van der Waals surface area (Å²) in [4.78, 5) is 2.05. The highest BCUT2D eigenvalue weighted by molar-refractivity contribution is 5.19. The van der Waals surface area contributed by atoms with Crippen molar-refractivity contribution in [2.24, 2.45) is 0 Å². The predicted octanol–water partition coefficient (Wildman–Crippen LogP) is 2.30. The zero-order chi connectivity index (χ0) is 8.97. The molecule has 0 spiro atoms. The minimum atomic E-state index is 0.938. The lowest BCUT2D eigenvalue weighted by atomic mass is 10.1. The molecule has 0 fully saturated rings. The molecule has 0 aromatic heterocycles. The highest BCUT2D eigenvalue weighted by Crippen LogP contribution is 2.06. The molecule has 0 radical (unpaired) electrons. The lowest BCUT2D eigenvalue weighted by Gasteiger charge is -2.15. The van der Waals surface area contributed by atoms with Gasteiger partial charge in [-0.3, -0.25) is 0 Å². The minimum absolute atomic E-state index is 0.938. The maximum atomic E-state index is 3.98. The molecule has 0 unspecified atom stereocenters. The number of benzene rings is 1. The fourth-order valence-electron chi connectivity index (χ4n) is 0.990. The van der Waals surface area contributed by atoms with Gasteiger partial charge in [0.1, 0.15) is 0 Å². The Labute approximate surface area is 74.3 Å². The van der Waals surface area contributed by atoms with E-state index in [0.717, 1.165) is 12.1 Å². The fraction of sp³-hybridized carbons (Fsp3) is 0.273. The van der Waals surface area contributed by atoms with Crippen molar-refractivity contribution in [2.45, 2.75) is 6.42 Å². The first-order valence-electron chi connectivity index (χ1n) is 4.09. The third-order valence-corrected chi connectivity index (χ3v) is 1.88. The molecule has 1 aromatic rings. The first-order chi connectivity index (χ1) is 5.70. The molecule has 1 rings (SSSR count). The number of likely N-dealkylation sites (N-methyl/N-ethyl adjacent to an activating group) is 1. The van der Waals surface area contributed by atoms with E-state index in [2.05, 4.69) is 30.8 Å². The normalized spacial score (nSPS) is 9.50. The van der Waals surface area contributed by atoms with Crippen molar-refractivity contribution in [3.8, 4) is 0 Å². The molecule has 1 heteroatoms. The SMILES string of the molecule is C=C(Cc1ccccc1)N(C)C. The average molecular weight is 161 g/mol. The van der Waals surface area contributed by atoms with Gasteiger partial charge in [-0.2, -0.15) is 0 Å². The lowest BCUT2D eigenvalue weighted by Crippen LogP contribution is -2.11. The van der Waals surface area contributed by atoms with Crippen LogP contribution in [0.2, 0.25) is 0 Å². The van der Waals surface area contributed by atoms with Crippen LogP contribution in [0.5, 0.6) is 0 Å². The first-order valence-corrected chi connectivity index (χ1v) is 4.09. The van der Waals surface area contributed by atoms with Crippen molar-refractivity contribution in [1.29, 1.82) is 0 Å². The molecule has 0 heterocycles. The lowest BCUT2D eigenvalue weighted by molar-refractivity contribution is 0.501. The van der Waals surface area contributed by atoms with Crippen molar-refractivity contribution in [3.63, 3.8) is 0 Å². The quantitative estimate of drug-likeness (QED) is 0.657. The van der Waals surface area contributed by atoms with E-state index in [-0.39, 0.29) is 0 Å². The molecule has 12 heavy (non-hydrogen) atoms. The molecular formula is C11H15N. The summed E-state index contributed by atoms with van der Waals surface area (Å²) in [6.45, 7) is 3.98. The van der Waals surface area contributed by atoms with E-state index in [1.165, 1.54) is 5.56 Å². The summed E-state index contributed by atoms with van der Waals surface area (Å²) < 4.78 is 0. The largest absolute Gasteiger partial charge is 0.381 e. The van der Waals surface area contributed by atoms with Gasteiger partial charge in [0.05, 0.1) is 0 Å². The molecule has 0 saturated carbocycles. The van der Waals surface area contributed by atoms with E-state index in [0.29, 0.717) is 0 Å². The highest BCUT2D eigenvalue weighted by Gasteiger charge is 1.97. The van der Waals surface area contributed by atoms with E-state index < -0.39 is 0 Å². The summed E-state index contributed by atoms with van der Waals surface area (Å²) in [5.74, 6) is 0. The van der Waals surface area contributed by atoms with E-state index in [9.17, 15) is 0 Å². The monoisotopic (exact) mass is 161 g/mol. The number of hydrogen-bond donors (Lipinski definition) is 0. The Balaban J connectivity index is 2.59. The number of allylic oxidation sites excluding steroid dienone is 1. The molecule has 0 aliphatic carbocycles. The van der Waals surface area contributed by atoms with Crippen LogP contribution in [0.15, 0.2) is 42.6 Å². The second-order valence-corrected chi connectivity index (χ2v) is 3.12. The Kier molecular flexibility index (Phi) is 2.92. The molecular weight excluding hydrogens is 146 g/mol. The summed E-state index contributed by atoms with van der Waals surface area (Å²) in [5, 5.41) is 0. The molecule has 0 N–H and O–H groups in total. The van der Waals surface area contributed by atoms with Crippen LogP contribution < -0.4 is 0 Å². The molecule has 0 saturated heterocycles. The third kappa shape index (κ3) is 2.42. The van der Waals surface area contributed by atoms with Crippen molar-refractivity contribution in [1.82, 2.24) is 4.90 Å². The topological polar surface area (TPSA) is 3.24 Å². The summed E-state index contributed by atoms with van der Waals surface area (Å²) in [7, 11) is 4.04. The molecule has 0 aliphatic rings. The third-order valence-electron chi connectivity index (χ3n) is 1.88. The Morgan fingerprint density at radius 2 is 1.83 bits per heavy atom. The van der Waals surface area contributed by atoms with Crippen LogP contribution in [0, 0.1) is 0 Å². The van der Waals surface area contributed by atoms with Gasteiger partial charge in [-0.15, -0.1) is 0 Å². The van der Waals surface area contributed by atoms with Gasteiger partial charge in [-0.05, 0) is 5.56 Å². The fourth-order valence-corrected chi connectivity index (χ4v) is 0.990. The van der Waals surface area contributed by atoms with Crippen molar-refractivity contribution in [3.05, 3.63) is 48.2 Å². The first kappa shape index (κ1) is 8.85. The molecule has 1 nitrogen and oxygen atoms in total. The van der Waals surface area contributed by atoms with Gasteiger partial charge in [0.15, 0.2) is 0 Å². The molecule has 0 amide bonds. The van der Waals surface area contributed by atoms with Crippen LogP contribution in [0.4, 0.5) is 0 Å². The summed E-state index contributed by atoms with van der Waals surface area (Å²) in [5.41, 5.74) is 2.46. The molecule has 0 atom stereocenters. The maximum absolute atomic E-state index is 3.98. The zero-order valence-corrected chi connectivity index (χ0v) is 7.75. The summed E-state index contributed by atoms with van der Waals surface area (Å²) in [6.07, 6.45) is 0.938. The van der Waals surface area contributed by atoms with E-state index in [4.69, 9.17) is 0 Å². The van der Waals surface area contributed by atoms with Crippen molar-refractivity contribution < 1.29 is 0 Å². The van der Waals surface area contributed by atoms with Crippen LogP contribution in [0.25, 0.3) is 0 Å². The Hall–Kier alpha value is -1.24. The van der Waals surface area contributed by atoms with Gasteiger partial charge in [-0.1, -0.05) is 36.9 Å². The van der Waals surface area contributed by atoms with Crippen LogP contribution in [0.3, 0.4) is 0 Å². The predicted molar refractivity (Wildman–Crippen MR) is 53.0 cm³/mol. The van der Waals surface area contributed by atoms with E-state index in [1.807, 2.05) is 25.1 Å². The highest BCUT2D eigenvalue weighted by atomic mass is 15.1. The van der Waals surface area contributed by atoms with Crippen LogP contribution in [-0.2, 0) is 6.42 Å². The van der Waals surface area contributed by atoms with Gasteiger partial charge < -0.3 is 4.90 Å². The number of rotatable bonds is 3. The van der Waals surface area contributed by atoms with E-state index >= 15 is 0 Å². The smallest absolute Gasteiger partial charge is 0.0119 e. The molecule has 1 aromatic carbocycles. The van der Waals surface area contributed by atoms with Gasteiger partial charge in [0.2, 0.25) is 0 Å². The van der Waals surface area contributed by atoms with Crippen molar-refractivity contribution >= 4 is 0 Å². The van der Waals surface area contributed by atoms with Gasteiger partial charge in [0.25, 0.3) is 0 Å². The van der Waals surface area contributed by atoms with Gasteiger partial charge in [0, 0.05) is 26.2 Å². The Morgan fingerprint density at radius 1 is 1.25 bits per heavy atom. The van der Waals surface area contributed by atoms with Crippen molar-refractivity contribution in [2.75, 3.05) is 14.1 Å². The molecule has 64 valence electrons. The second kappa shape index (κ2) is 3.96. The molecule has 0 aliphatic heterocycles. The van der Waals surface area contributed by atoms with Crippen LogP contribution >= 0.6 is 0 Å². The Bertz CT molecular complexity index is 249.